The van der Waals surface area contributed by atoms with E-state index in [9.17, 15) is 14.4 Å². The highest BCUT2D eigenvalue weighted by Gasteiger charge is 2.37. The van der Waals surface area contributed by atoms with E-state index in [0.29, 0.717) is 29.2 Å². The van der Waals surface area contributed by atoms with Crippen molar-refractivity contribution < 1.29 is 19.1 Å². The number of carbonyl (C=O) groups excluding carboxylic acids is 3. The van der Waals surface area contributed by atoms with E-state index in [0.717, 1.165) is 16.7 Å². The average molecular weight is 544 g/mol. The largest absolute Gasteiger partial charge is 0.444 e. The minimum absolute atomic E-state index is 0.247. The summed E-state index contributed by atoms with van der Waals surface area (Å²) in [6.45, 7) is 17.1. The van der Waals surface area contributed by atoms with Gasteiger partial charge in [-0.3, -0.25) is 9.59 Å². The normalized spacial score (nSPS) is 13.0. The number of halogens is 1. The molecule has 2 aromatic rings. The molecule has 0 aromatic heterocycles. The Morgan fingerprint density at radius 3 is 2.18 bits per heavy atom. The van der Waals surface area contributed by atoms with Crippen LogP contribution in [0.5, 0.6) is 0 Å². The van der Waals surface area contributed by atoms with Crippen LogP contribution < -0.4 is 10.6 Å². The number of benzene rings is 2. The molecule has 208 valence electrons. The third kappa shape index (κ3) is 8.22. The van der Waals surface area contributed by atoms with Gasteiger partial charge in [0, 0.05) is 6.54 Å². The fourth-order valence-electron chi connectivity index (χ4n) is 4.12. The molecule has 2 aromatic carbocycles. The average Bonchev–Trinajstić information content (AvgIpc) is 2.80. The summed E-state index contributed by atoms with van der Waals surface area (Å²) in [5, 5.41) is 6.12. The van der Waals surface area contributed by atoms with E-state index in [1.807, 2.05) is 71.9 Å². The zero-order valence-corrected chi connectivity index (χ0v) is 24.8. The molecule has 8 heteroatoms. The Hall–Kier alpha value is -3.06. The number of rotatable bonds is 9. The van der Waals surface area contributed by atoms with Crippen molar-refractivity contribution in [2.75, 3.05) is 11.9 Å². The Morgan fingerprint density at radius 1 is 1.00 bits per heavy atom. The number of hydrogen-bond acceptors (Lipinski definition) is 4. The molecule has 0 aliphatic carbocycles. The van der Waals surface area contributed by atoms with Gasteiger partial charge in [-0.05, 0) is 82.2 Å². The molecule has 0 heterocycles. The first-order valence-corrected chi connectivity index (χ1v) is 13.5. The molecule has 7 nitrogen and oxygen atoms in total. The summed E-state index contributed by atoms with van der Waals surface area (Å²) < 4.78 is 5.42. The van der Waals surface area contributed by atoms with Gasteiger partial charge >= 0.3 is 6.09 Å². The maximum atomic E-state index is 14.1. The van der Waals surface area contributed by atoms with Crippen molar-refractivity contribution in [3.05, 3.63) is 63.7 Å². The summed E-state index contributed by atoms with van der Waals surface area (Å²) in [7, 11) is 0. The third-order valence-corrected chi connectivity index (χ3v) is 6.54. The number of anilines is 1. The molecule has 2 N–H and O–H groups in total. The first-order valence-electron chi connectivity index (χ1n) is 13.1. The molecular formula is C30H42ClN3O4. The second kappa shape index (κ2) is 13.1. The molecule has 0 fully saturated rings. The second-order valence-corrected chi connectivity index (χ2v) is 11.5. The van der Waals surface area contributed by atoms with Crippen LogP contribution in [0, 0.1) is 26.7 Å². The third-order valence-electron chi connectivity index (χ3n) is 6.23. The van der Waals surface area contributed by atoms with Crippen molar-refractivity contribution in [2.45, 2.75) is 86.4 Å². The van der Waals surface area contributed by atoms with Crippen molar-refractivity contribution in [3.63, 3.8) is 0 Å². The number of nitrogens with one attached hydrogen (secondary N) is 2. The number of hydrogen-bond donors (Lipinski definition) is 2. The molecule has 2 atom stereocenters. The minimum Gasteiger partial charge on any atom is -0.444 e. The Bertz CT molecular complexity index is 1140. The molecule has 0 aliphatic heterocycles. The number of ether oxygens (including phenoxy) is 1. The molecule has 2 unspecified atom stereocenters. The Morgan fingerprint density at radius 2 is 1.66 bits per heavy atom. The summed E-state index contributed by atoms with van der Waals surface area (Å²) >= 11 is 6.42. The van der Waals surface area contributed by atoms with Gasteiger partial charge in [-0.25, -0.2) is 4.79 Å². The van der Waals surface area contributed by atoms with Gasteiger partial charge in [0.05, 0.1) is 10.7 Å². The summed E-state index contributed by atoms with van der Waals surface area (Å²) in [5.41, 5.74) is 3.36. The zero-order valence-electron chi connectivity index (χ0n) is 24.1. The number of para-hydroxylation sites is 1. The van der Waals surface area contributed by atoms with Crippen LogP contribution in [-0.4, -0.2) is 41.0 Å². The predicted octanol–water partition coefficient (Wildman–Crippen LogP) is 6.73. The number of amides is 3. The van der Waals surface area contributed by atoms with Crippen molar-refractivity contribution in [3.8, 4) is 0 Å². The zero-order chi connectivity index (χ0) is 28.8. The fourth-order valence-corrected chi connectivity index (χ4v) is 4.39. The van der Waals surface area contributed by atoms with Gasteiger partial charge in [-0.1, -0.05) is 62.7 Å². The first-order chi connectivity index (χ1) is 17.7. The molecule has 38 heavy (non-hydrogen) atoms. The lowest BCUT2D eigenvalue weighted by atomic mass is 9.96. The summed E-state index contributed by atoms with van der Waals surface area (Å²) in [6, 6.07) is 9.30. The SMILES string of the molecule is CCCN(C(=O)C(NC(=O)OC(C)(C)C)C(C)C)C(C(=O)Nc1c(C)cccc1Cl)c1ccc(C)c(C)c1. The molecule has 0 bridgehead atoms. The van der Waals surface area contributed by atoms with E-state index in [-0.39, 0.29) is 17.7 Å². The smallest absolute Gasteiger partial charge is 0.408 e. The van der Waals surface area contributed by atoms with Crippen molar-refractivity contribution in [2.24, 2.45) is 5.92 Å². The van der Waals surface area contributed by atoms with Crippen molar-refractivity contribution >= 4 is 35.2 Å². The molecule has 0 saturated carbocycles. The van der Waals surface area contributed by atoms with Gasteiger partial charge in [0.1, 0.15) is 17.7 Å². The van der Waals surface area contributed by atoms with Gasteiger partial charge in [-0.2, -0.15) is 0 Å². The monoisotopic (exact) mass is 543 g/mol. The lowest BCUT2D eigenvalue weighted by Gasteiger charge is -2.35. The lowest BCUT2D eigenvalue weighted by molar-refractivity contribution is -0.141. The van der Waals surface area contributed by atoms with Crippen molar-refractivity contribution in [1.29, 1.82) is 0 Å². The number of nitrogens with zero attached hydrogens (tertiary/aromatic N) is 1. The van der Waals surface area contributed by atoms with Crippen molar-refractivity contribution in [1.82, 2.24) is 10.2 Å². The Kier molecular flexibility index (Phi) is 10.8. The van der Waals surface area contributed by atoms with Crippen LogP contribution in [0.15, 0.2) is 36.4 Å². The van der Waals surface area contributed by atoms with Gasteiger partial charge in [-0.15, -0.1) is 0 Å². The molecule has 2 rings (SSSR count). The summed E-state index contributed by atoms with van der Waals surface area (Å²) in [6.07, 6.45) is -0.0668. The molecule has 0 aliphatic rings. The van der Waals surface area contributed by atoms with E-state index < -0.39 is 23.8 Å². The predicted molar refractivity (Wildman–Crippen MR) is 153 cm³/mol. The molecular weight excluding hydrogens is 502 g/mol. The molecule has 0 spiro atoms. The first kappa shape index (κ1) is 31.2. The van der Waals surface area contributed by atoms with Gasteiger partial charge in [0.2, 0.25) is 5.91 Å². The van der Waals surface area contributed by atoms with Crippen LogP contribution >= 0.6 is 11.6 Å². The van der Waals surface area contributed by atoms with Gasteiger partial charge in [0.15, 0.2) is 0 Å². The quantitative estimate of drug-likeness (QED) is 0.367. The fraction of sp³-hybridized carbons (Fsp3) is 0.500. The summed E-state index contributed by atoms with van der Waals surface area (Å²) in [5.74, 6) is -0.989. The molecule has 3 amide bonds. The maximum absolute atomic E-state index is 14.1. The van der Waals surface area contributed by atoms with E-state index in [4.69, 9.17) is 16.3 Å². The van der Waals surface area contributed by atoms with Crippen LogP contribution in [-0.2, 0) is 14.3 Å². The second-order valence-electron chi connectivity index (χ2n) is 11.1. The highest BCUT2D eigenvalue weighted by Crippen LogP contribution is 2.30. The lowest BCUT2D eigenvalue weighted by Crippen LogP contribution is -2.54. The van der Waals surface area contributed by atoms with E-state index in [1.165, 1.54) is 0 Å². The van der Waals surface area contributed by atoms with E-state index in [2.05, 4.69) is 10.6 Å². The van der Waals surface area contributed by atoms with E-state index in [1.54, 1.807) is 31.7 Å². The number of carbonyl (C=O) groups is 3. The van der Waals surface area contributed by atoms with E-state index >= 15 is 0 Å². The van der Waals surface area contributed by atoms with Crippen LogP contribution in [0.25, 0.3) is 0 Å². The standard InChI is InChI=1S/C30H42ClN3O4/c1-10-16-34(28(36)24(18(2)3)33-29(37)38-30(7,8)9)26(22-15-14-19(4)21(6)17-22)27(35)32-25-20(5)12-11-13-23(25)31/h11-15,17-18,24,26H,10,16H2,1-9H3,(H,32,35)(H,33,37). The molecule has 0 radical (unpaired) electrons. The van der Waals surface area contributed by atoms with Gasteiger partial charge in [0.25, 0.3) is 5.91 Å². The Labute approximate surface area is 232 Å². The highest BCUT2D eigenvalue weighted by atomic mass is 35.5. The summed E-state index contributed by atoms with van der Waals surface area (Å²) in [4.78, 5) is 42.2. The molecule has 0 saturated heterocycles. The minimum atomic E-state index is -0.945. The van der Waals surface area contributed by atoms with Crippen LogP contribution in [0.3, 0.4) is 0 Å². The van der Waals surface area contributed by atoms with Crippen LogP contribution in [0.1, 0.15) is 76.3 Å². The van der Waals surface area contributed by atoms with Crippen LogP contribution in [0.2, 0.25) is 5.02 Å². The topological polar surface area (TPSA) is 87.7 Å². The number of alkyl carbamates (subject to hydrolysis) is 1. The Balaban J connectivity index is 2.57. The maximum Gasteiger partial charge on any atom is 0.408 e. The highest BCUT2D eigenvalue weighted by molar-refractivity contribution is 6.34. The van der Waals surface area contributed by atoms with Crippen LogP contribution in [0.4, 0.5) is 10.5 Å². The number of aryl methyl sites for hydroxylation is 3. The van der Waals surface area contributed by atoms with Gasteiger partial charge < -0.3 is 20.3 Å².